The molecule has 0 radical (unpaired) electrons. The summed E-state index contributed by atoms with van der Waals surface area (Å²) in [6, 6.07) is 8.03. The minimum atomic E-state index is -0.000619. The summed E-state index contributed by atoms with van der Waals surface area (Å²) in [4.78, 5) is 31.9. The van der Waals surface area contributed by atoms with Crippen molar-refractivity contribution >= 4 is 22.7 Å². The van der Waals surface area contributed by atoms with Crippen LogP contribution in [0.1, 0.15) is 32.8 Å². The molecule has 0 saturated carbocycles. The second-order valence-electron chi connectivity index (χ2n) is 8.04. The number of aromatic nitrogens is 1. The summed E-state index contributed by atoms with van der Waals surface area (Å²) < 4.78 is 0. The Morgan fingerprint density at radius 1 is 1.00 bits per heavy atom. The van der Waals surface area contributed by atoms with Gasteiger partial charge >= 0.3 is 0 Å². The van der Waals surface area contributed by atoms with Crippen molar-refractivity contribution in [1.29, 1.82) is 0 Å². The van der Waals surface area contributed by atoms with Crippen LogP contribution in [-0.2, 0) is 16.0 Å². The van der Waals surface area contributed by atoms with Crippen molar-refractivity contribution in [1.82, 2.24) is 14.8 Å². The number of para-hydroxylation sites is 1. The number of piperazine rings is 1. The van der Waals surface area contributed by atoms with Gasteiger partial charge in [0.1, 0.15) is 0 Å². The summed E-state index contributed by atoms with van der Waals surface area (Å²) in [6.45, 7) is 8.74. The van der Waals surface area contributed by atoms with E-state index in [-0.39, 0.29) is 17.2 Å². The van der Waals surface area contributed by atoms with E-state index in [1.54, 1.807) is 0 Å². The van der Waals surface area contributed by atoms with Crippen molar-refractivity contribution in [2.24, 2.45) is 5.41 Å². The van der Waals surface area contributed by atoms with Crippen LogP contribution >= 0.6 is 0 Å². The number of hydrogen-bond acceptors (Lipinski definition) is 2. The number of amides is 2. The van der Waals surface area contributed by atoms with Crippen LogP contribution in [0.5, 0.6) is 0 Å². The number of hydrogen-bond donors (Lipinski definition) is 1. The molecule has 0 atom stereocenters. The standard InChI is InChI=1S/C20H27N3O2/c1-20(2,3)13-19(25)23-10-8-22(9-11-23)18(24)12-15-14-21-17-7-5-4-6-16(15)17/h4-7,14,21H,8-13H2,1-3H3. The number of H-pyrrole nitrogens is 1. The average molecular weight is 341 g/mol. The fraction of sp³-hybridized carbons (Fsp3) is 0.500. The molecule has 1 fully saturated rings. The lowest BCUT2D eigenvalue weighted by atomic mass is 9.91. The third-order valence-corrected chi connectivity index (χ3v) is 4.68. The molecule has 1 aliphatic rings. The number of nitrogens with zero attached hydrogens (tertiary/aromatic N) is 2. The monoisotopic (exact) mass is 341 g/mol. The molecule has 5 nitrogen and oxygen atoms in total. The molecule has 0 unspecified atom stereocenters. The first kappa shape index (κ1) is 17.5. The molecule has 2 amide bonds. The summed E-state index contributed by atoms with van der Waals surface area (Å²) in [5.74, 6) is 0.323. The number of aromatic amines is 1. The minimum Gasteiger partial charge on any atom is -0.361 e. The molecule has 1 saturated heterocycles. The Morgan fingerprint density at radius 2 is 1.60 bits per heavy atom. The van der Waals surface area contributed by atoms with Crippen LogP contribution in [0.25, 0.3) is 10.9 Å². The fourth-order valence-corrected chi connectivity index (χ4v) is 3.32. The average Bonchev–Trinajstić information content (AvgIpc) is 2.96. The topological polar surface area (TPSA) is 56.4 Å². The van der Waals surface area contributed by atoms with Gasteiger partial charge in [0.05, 0.1) is 6.42 Å². The molecule has 1 aromatic heterocycles. The van der Waals surface area contributed by atoms with Crippen LogP contribution in [0.2, 0.25) is 0 Å². The van der Waals surface area contributed by atoms with Crippen molar-refractivity contribution in [2.75, 3.05) is 26.2 Å². The van der Waals surface area contributed by atoms with E-state index in [0.29, 0.717) is 39.0 Å². The third-order valence-electron chi connectivity index (χ3n) is 4.68. The number of carbonyl (C=O) groups is 2. The lowest BCUT2D eigenvalue weighted by Gasteiger charge is -2.36. The molecular weight excluding hydrogens is 314 g/mol. The number of fused-ring (bicyclic) bond motifs is 1. The highest BCUT2D eigenvalue weighted by atomic mass is 16.2. The Hall–Kier alpha value is -2.30. The van der Waals surface area contributed by atoms with Crippen molar-refractivity contribution in [3.05, 3.63) is 36.0 Å². The van der Waals surface area contributed by atoms with Crippen LogP contribution in [0.4, 0.5) is 0 Å². The zero-order valence-electron chi connectivity index (χ0n) is 15.3. The molecule has 3 rings (SSSR count). The first-order valence-electron chi connectivity index (χ1n) is 8.94. The van der Waals surface area contributed by atoms with Crippen molar-refractivity contribution in [3.8, 4) is 0 Å². The van der Waals surface area contributed by atoms with E-state index in [1.807, 2.05) is 40.3 Å². The van der Waals surface area contributed by atoms with E-state index in [1.165, 1.54) is 0 Å². The lowest BCUT2D eigenvalue weighted by Crippen LogP contribution is -2.51. The zero-order valence-corrected chi connectivity index (χ0v) is 15.3. The van der Waals surface area contributed by atoms with E-state index in [4.69, 9.17) is 0 Å². The Bertz CT molecular complexity index is 765. The Kier molecular flexibility index (Phi) is 4.84. The molecule has 1 N–H and O–H groups in total. The molecule has 134 valence electrons. The molecule has 25 heavy (non-hydrogen) atoms. The number of rotatable bonds is 3. The largest absolute Gasteiger partial charge is 0.361 e. The van der Waals surface area contributed by atoms with Crippen LogP contribution < -0.4 is 0 Å². The molecule has 0 aliphatic carbocycles. The Balaban J connectivity index is 1.56. The maximum atomic E-state index is 12.6. The maximum absolute atomic E-state index is 12.6. The van der Waals surface area contributed by atoms with E-state index >= 15 is 0 Å². The second kappa shape index (κ2) is 6.90. The fourth-order valence-electron chi connectivity index (χ4n) is 3.32. The molecule has 0 bridgehead atoms. The maximum Gasteiger partial charge on any atom is 0.227 e. The highest BCUT2D eigenvalue weighted by Crippen LogP contribution is 2.21. The highest BCUT2D eigenvalue weighted by Gasteiger charge is 2.26. The van der Waals surface area contributed by atoms with Gasteiger partial charge in [-0.25, -0.2) is 0 Å². The first-order chi connectivity index (χ1) is 11.8. The van der Waals surface area contributed by atoms with E-state index in [9.17, 15) is 9.59 Å². The number of benzene rings is 1. The summed E-state index contributed by atoms with van der Waals surface area (Å²) in [6.07, 6.45) is 2.88. The molecule has 1 aliphatic heterocycles. The zero-order chi connectivity index (χ0) is 18.0. The molecule has 2 aromatic rings. The summed E-state index contributed by atoms with van der Waals surface area (Å²) in [7, 11) is 0. The van der Waals surface area contributed by atoms with Gasteiger partial charge < -0.3 is 14.8 Å². The number of nitrogens with one attached hydrogen (secondary N) is 1. The summed E-state index contributed by atoms with van der Waals surface area (Å²) in [5.41, 5.74) is 2.09. The van der Waals surface area contributed by atoms with E-state index in [0.717, 1.165) is 16.5 Å². The predicted molar refractivity (Wildman–Crippen MR) is 99.2 cm³/mol. The van der Waals surface area contributed by atoms with Gasteiger partial charge in [0.15, 0.2) is 0 Å². The smallest absolute Gasteiger partial charge is 0.227 e. The first-order valence-corrected chi connectivity index (χ1v) is 8.94. The van der Waals surface area contributed by atoms with Crippen molar-refractivity contribution in [3.63, 3.8) is 0 Å². The quantitative estimate of drug-likeness (QED) is 0.933. The minimum absolute atomic E-state index is 0.000619. The van der Waals surface area contributed by atoms with E-state index < -0.39 is 0 Å². The number of carbonyl (C=O) groups excluding carboxylic acids is 2. The normalized spacial score (nSPS) is 15.6. The van der Waals surface area contributed by atoms with Crippen LogP contribution in [0.3, 0.4) is 0 Å². The van der Waals surface area contributed by atoms with Gasteiger partial charge in [-0.2, -0.15) is 0 Å². The van der Waals surface area contributed by atoms with Gasteiger partial charge in [0, 0.05) is 49.7 Å². The third kappa shape index (κ3) is 4.21. The van der Waals surface area contributed by atoms with E-state index in [2.05, 4.69) is 25.8 Å². The second-order valence-corrected chi connectivity index (χ2v) is 8.04. The molecule has 1 aromatic carbocycles. The predicted octanol–water partition coefficient (Wildman–Crippen LogP) is 2.82. The van der Waals surface area contributed by atoms with Gasteiger partial charge in [-0.15, -0.1) is 0 Å². The van der Waals surface area contributed by atoms with Gasteiger partial charge in [0.25, 0.3) is 0 Å². The van der Waals surface area contributed by atoms with Gasteiger partial charge in [-0.3, -0.25) is 9.59 Å². The Morgan fingerprint density at radius 3 is 2.24 bits per heavy atom. The van der Waals surface area contributed by atoms with Crippen LogP contribution in [0.15, 0.2) is 30.5 Å². The van der Waals surface area contributed by atoms with Gasteiger partial charge in [-0.05, 0) is 17.0 Å². The van der Waals surface area contributed by atoms with Crippen molar-refractivity contribution < 1.29 is 9.59 Å². The highest BCUT2D eigenvalue weighted by molar-refractivity contribution is 5.89. The molecule has 5 heteroatoms. The molecular formula is C20H27N3O2. The van der Waals surface area contributed by atoms with Gasteiger partial charge in [-0.1, -0.05) is 39.0 Å². The lowest BCUT2D eigenvalue weighted by molar-refractivity contribution is -0.140. The summed E-state index contributed by atoms with van der Waals surface area (Å²) >= 11 is 0. The summed E-state index contributed by atoms with van der Waals surface area (Å²) in [5, 5.41) is 1.11. The van der Waals surface area contributed by atoms with Crippen LogP contribution in [-0.4, -0.2) is 52.8 Å². The Labute approximate surface area is 149 Å². The SMILES string of the molecule is CC(C)(C)CC(=O)N1CCN(C(=O)Cc2c[nH]c3ccccc23)CC1. The molecule has 2 heterocycles. The van der Waals surface area contributed by atoms with Gasteiger partial charge in [0.2, 0.25) is 11.8 Å². The van der Waals surface area contributed by atoms with Crippen molar-refractivity contribution in [2.45, 2.75) is 33.6 Å². The molecule has 0 spiro atoms. The van der Waals surface area contributed by atoms with Crippen LogP contribution in [0, 0.1) is 5.41 Å².